The van der Waals surface area contributed by atoms with Gasteiger partial charge in [0.1, 0.15) is 47.7 Å². The average Bonchev–Trinajstić information content (AvgIpc) is 3.35. The molecule has 5 unspecified atom stereocenters. The van der Waals surface area contributed by atoms with E-state index in [2.05, 4.69) is 28.8 Å². The summed E-state index contributed by atoms with van der Waals surface area (Å²) in [5.41, 5.74) is 5.00. The number of aromatic nitrogens is 4. The maximum atomic E-state index is 10.4. The van der Waals surface area contributed by atoms with E-state index in [1.165, 1.54) is 0 Å². The summed E-state index contributed by atoms with van der Waals surface area (Å²) in [5, 5.41) is 40.0. The topological polar surface area (TPSA) is 143 Å². The zero-order chi connectivity index (χ0) is 26.1. The molecule has 2 aromatic heterocycles. The van der Waals surface area contributed by atoms with Crippen molar-refractivity contribution in [1.82, 2.24) is 19.5 Å². The van der Waals surface area contributed by atoms with Gasteiger partial charge in [-0.1, -0.05) is 36.4 Å². The smallest absolute Gasteiger partial charge is 0.229 e. The van der Waals surface area contributed by atoms with Crippen molar-refractivity contribution in [3.8, 4) is 17.0 Å². The molecular formula is C27H30N4O6. The SMILES string of the molecule is CC(C)n1cnc2c(-c3cccc(Cc4ccccc4OC4OC(CO)C(O)C(O)C4O)c3)ncnc21. The van der Waals surface area contributed by atoms with Crippen LogP contribution in [-0.4, -0.2) is 77.3 Å². The summed E-state index contributed by atoms with van der Waals surface area (Å²) >= 11 is 0. The summed E-state index contributed by atoms with van der Waals surface area (Å²) in [6.07, 6.45) is -2.90. The van der Waals surface area contributed by atoms with Gasteiger partial charge in [0.15, 0.2) is 5.65 Å². The molecule has 0 spiro atoms. The Morgan fingerprint density at radius 3 is 2.57 bits per heavy atom. The highest BCUT2D eigenvalue weighted by atomic mass is 16.7. The summed E-state index contributed by atoms with van der Waals surface area (Å²) < 4.78 is 13.5. The fraction of sp³-hybridized carbons (Fsp3) is 0.370. The van der Waals surface area contributed by atoms with Crippen LogP contribution >= 0.6 is 0 Å². The first-order valence-corrected chi connectivity index (χ1v) is 12.2. The van der Waals surface area contributed by atoms with Gasteiger partial charge >= 0.3 is 0 Å². The summed E-state index contributed by atoms with van der Waals surface area (Å²) in [7, 11) is 0. The number of hydrogen-bond donors (Lipinski definition) is 4. The minimum atomic E-state index is -1.51. The Balaban J connectivity index is 1.41. The van der Waals surface area contributed by atoms with E-state index in [1.807, 2.05) is 41.0 Å². The number of imidazole rings is 1. The Labute approximate surface area is 213 Å². The molecule has 10 heteroatoms. The lowest BCUT2D eigenvalue weighted by Gasteiger charge is -2.39. The number of benzene rings is 2. The fourth-order valence-corrected chi connectivity index (χ4v) is 4.54. The third kappa shape index (κ3) is 4.94. The van der Waals surface area contributed by atoms with Crippen molar-refractivity contribution in [2.24, 2.45) is 0 Å². The Bertz CT molecular complexity index is 1370. The van der Waals surface area contributed by atoms with Gasteiger partial charge in [-0.15, -0.1) is 0 Å². The summed E-state index contributed by atoms with van der Waals surface area (Å²) in [6, 6.07) is 15.5. The molecule has 1 aliphatic rings. The Hall–Kier alpha value is -3.41. The van der Waals surface area contributed by atoms with Gasteiger partial charge in [-0.2, -0.15) is 0 Å². The predicted molar refractivity (Wildman–Crippen MR) is 135 cm³/mol. The van der Waals surface area contributed by atoms with Crippen LogP contribution in [0.15, 0.2) is 61.2 Å². The molecule has 37 heavy (non-hydrogen) atoms. The van der Waals surface area contributed by atoms with E-state index in [-0.39, 0.29) is 6.04 Å². The van der Waals surface area contributed by atoms with E-state index in [1.54, 1.807) is 24.8 Å². The van der Waals surface area contributed by atoms with Crippen LogP contribution in [0.1, 0.15) is 31.0 Å². The largest absolute Gasteiger partial charge is 0.462 e. The lowest BCUT2D eigenvalue weighted by molar-refractivity contribution is -0.277. The first kappa shape index (κ1) is 25.2. The van der Waals surface area contributed by atoms with Crippen molar-refractivity contribution in [2.75, 3.05) is 6.61 Å². The van der Waals surface area contributed by atoms with Crippen LogP contribution in [0.2, 0.25) is 0 Å². The molecular weight excluding hydrogens is 476 g/mol. The van der Waals surface area contributed by atoms with E-state index < -0.39 is 37.3 Å². The van der Waals surface area contributed by atoms with Gasteiger partial charge < -0.3 is 34.5 Å². The highest BCUT2D eigenvalue weighted by Gasteiger charge is 2.44. The number of rotatable bonds is 7. The summed E-state index contributed by atoms with van der Waals surface area (Å²) in [5.74, 6) is 0.456. The van der Waals surface area contributed by atoms with Gasteiger partial charge in [0.25, 0.3) is 0 Å². The van der Waals surface area contributed by atoms with Gasteiger partial charge in [-0.25, -0.2) is 15.0 Å². The van der Waals surface area contributed by atoms with Crippen LogP contribution in [0.5, 0.6) is 5.75 Å². The van der Waals surface area contributed by atoms with Crippen LogP contribution in [0.3, 0.4) is 0 Å². The Morgan fingerprint density at radius 2 is 1.78 bits per heavy atom. The van der Waals surface area contributed by atoms with Gasteiger partial charge in [0.05, 0.1) is 12.9 Å². The third-order valence-corrected chi connectivity index (χ3v) is 6.57. The predicted octanol–water partition coefficient (Wildman–Crippen LogP) is 1.84. The van der Waals surface area contributed by atoms with Crippen LogP contribution in [0.25, 0.3) is 22.4 Å². The summed E-state index contributed by atoms with van der Waals surface area (Å²) in [4.78, 5) is 13.5. The van der Waals surface area contributed by atoms with Crippen molar-refractivity contribution >= 4 is 11.2 Å². The van der Waals surface area contributed by atoms with E-state index in [0.717, 1.165) is 33.5 Å². The number of para-hydroxylation sites is 1. The van der Waals surface area contributed by atoms with Crippen LogP contribution in [-0.2, 0) is 11.2 Å². The molecule has 0 aliphatic carbocycles. The second kappa shape index (κ2) is 10.5. The van der Waals surface area contributed by atoms with Crippen molar-refractivity contribution < 1.29 is 29.9 Å². The van der Waals surface area contributed by atoms with Crippen molar-refractivity contribution in [3.05, 3.63) is 72.3 Å². The molecule has 2 aromatic carbocycles. The number of hydrogen-bond acceptors (Lipinski definition) is 9. The Morgan fingerprint density at radius 1 is 0.973 bits per heavy atom. The molecule has 3 heterocycles. The van der Waals surface area contributed by atoms with Crippen molar-refractivity contribution in [3.63, 3.8) is 0 Å². The molecule has 0 radical (unpaired) electrons. The van der Waals surface area contributed by atoms with Crippen LogP contribution < -0.4 is 4.74 Å². The molecule has 10 nitrogen and oxygen atoms in total. The number of aliphatic hydroxyl groups excluding tert-OH is 4. The molecule has 0 saturated carbocycles. The maximum absolute atomic E-state index is 10.4. The second-order valence-electron chi connectivity index (χ2n) is 9.44. The molecule has 0 amide bonds. The quantitative estimate of drug-likeness (QED) is 0.295. The fourth-order valence-electron chi connectivity index (χ4n) is 4.54. The molecule has 1 fully saturated rings. The van der Waals surface area contributed by atoms with Gasteiger partial charge in [0, 0.05) is 18.0 Å². The number of nitrogens with zero attached hydrogens (tertiary/aromatic N) is 4. The molecule has 5 atom stereocenters. The zero-order valence-electron chi connectivity index (χ0n) is 20.5. The normalized spacial score (nSPS) is 24.0. The summed E-state index contributed by atoms with van der Waals surface area (Å²) in [6.45, 7) is 3.63. The standard InChI is InChI=1S/C27H30N4O6/c1-15(2)31-14-30-22-21(28-13-29-26(22)31)18-8-5-6-16(11-18)10-17-7-3-4-9-19(17)36-27-25(35)24(34)23(33)20(12-32)37-27/h3-9,11,13-15,20,23-25,27,32-35H,10,12H2,1-2H3. The monoisotopic (exact) mass is 506 g/mol. The maximum Gasteiger partial charge on any atom is 0.229 e. The highest BCUT2D eigenvalue weighted by Crippen LogP contribution is 2.30. The van der Waals surface area contributed by atoms with Crippen molar-refractivity contribution in [2.45, 2.75) is 57.0 Å². The van der Waals surface area contributed by atoms with E-state index in [0.29, 0.717) is 12.2 Å². The molecule has 4 N–H and O–H groups in total. The second-order valence-corrected chi connectivity index (χ2v) is 9.44. The highest BCUT2D eigenvalue weighted by molar-refractivity contribution is 5.87. The molecule has 5 rings (SSSR count). The van der Waals surface area contributed by atoms with Gasteiger partial charge in [0.2, 0.25) is 6.29 Å². The first-order valence-electron chi connectivity index (χ1n) is 12.2. The molecule has 4 aromatic rings. The minimum Gasteiger partial charge on any atom is -0.462 e. The van der Waals surface area contributed by atoms with Gasteiger partial charge in [-0.3, -0.25) is 0 Å². The number of fused-ring (bicyclic) bond motifs is 1. The molecule has 194 valence electrons. The first-order chi connectivity index (χ1) is 17.9. The lowest BCUT2D eigenvalue weighted by atomic mass is 9.99. The van der Waals surface area contributed by atoms with E-state index in [9.17, 15) is 20.4 Å². The third-order valence-electron chi connectivity index (χ3n) is 6.57. The average molecular weight is 507 g/mol. The lowest BCUT2D eigenvalue weighted by Crippen LogP contribution is -2.60. The number of aliphatic hydroxyl groups is 4. The van der Waals surface area contributed by atoms with Gasteiger partial charge in [-0.05, 0) is 37.1 Å². The molecule has 1 aliphatic heterocycles. The van der Waals surface area contributed by atoms with Crippen LogP contribution in [0.4, 0.5) is 0 Å². The molecule has 1 saturated heterocycles. The van der Waals surface area contributed by atoms with E-state index in [4.69, 9.17) is 9.47 Å². The minimum absolute atomic E-state index is 0.222. The van der Waals surface area contributed by atoms with E-state index >= 15 is 0 Å². The molecule has 0 bridgehead atoms. The Kier molecular flexibility index (Phi) is 7.18. The van der Waals surface area contributed by atoms with Crippen molar-refractivity contribution in [1.29, 1.82) is 0 Å². The number of ether oxygens (including phenoxy) is 2. The van der Waals surface area contributed by atoms with Crippen LogP contribution in [0, 0.1) is 0 Å². The zero-order valence-corrected chi connectivity index (χ0v) is 20.5.